The van der Waals surface area contributed by atoms with E-state index in [1.807, 2.05) is 25.1 Å². The van der Waals surface area contributed by atoms with Gasteiger partial charge in [0.25, 0.3) is 0 Å². The van der Waals surface area contributed by atoms with Crippen LogP contribution in [0.5, 0.6) is 0 Å². The standard InChI is InChI=1S/C18H18Br2N2O/c1-12(18(23)21-17-7-6-15(19)10-16(17)20)22-9-8-13-4-2-3-5-14(13)11-22/h2-7,10,12H,8-9,11H2,1H3,(H,21,23). The van der Waals surface area contributed by atoms with Gasteiger partial charge in [-0.15, -0.1) is 0 Å². The summed E-state index contributed by atoms with van der Waals surface area (Å²) in [6.45, 7) is 3.70. The van der Waals surface area contributed by atoms with E-state index in [-0.39, 0.29) is 11.9 Å². The number of fused-ring (bicyclic) bond motifs is 1. The third kappa shape index (κ3) is 3.84. The van der Waals surface area contributed by atoms with E-state index in [0.29, 0.717) is 0 Å². The van der Waals surface area contributed by atoms with Crippen molar-refractivity contribution in [1.82, 2.24) is 4.90 Å². The average Bonchev–Trinajstić information content (AvgIpc) is 2.56. The third-order valence-electron chi connectivity index (χ3n) is 4.28. The van der Waals surface area contributed by atoms with Crippen LogP contribution < -0.4 is 5.32 Å². The lowest BCUT2D eigenvalue weighted by molar-refractivity contribution is -0.121. The maximum Gasteiger partial charge on any atom is 0.241 e. The summed E-state index contributed by atoms with van der Waals surface area (Å²) in [6.07, 6.45) is 0.996. The molecule has 0 saturated carbocycles. The molecule has 1 heterocycles. The van der Waals surface area contributed by atoms with Crippen LogP contribution in [0.25, 0.3) is 0 Å². The number of anilines is 1. The van der Waals surface area contributed by atoms with Crippen LogP contribution in [0.4, 0.5) is 5.69 Å². The number of halogens is 2. The maximum absolute atomic E-state index is 12.6. The number of nitrogens with one attached hydrogen (secondary N) is 1. The highest BCUT2D eigenvalue weighted by molar-refractivity contribution is 9.11. The minimum Gasteiger partial charge on any atom is -0.324 e. The van der Waals surface area contributed by atoms with Gasteiger partial charge in [-0.3, -0.25) is 9.69 Å². The van der Waals surface area contributed by atoms with Gasteiger partial charge in [0.15, 0.2) is 0 Å². The zero-order valence-electron chi connectivity index (χ0n) is 12.9. The Kier molecular flexibility index (Phi) is 5.19. The molecule has 0 aliphatic carbocycles. The first kappa shape index (κ1) is 16.7. The largest absolute Gasteiger partial charge is 0.324 e. The monoisotopic (exact) mass is 436 g/mol. The normalized spacial score (nSPS) is 15.8. The number of rotatable bonds is 3. The van der Waals surface area contributed by atoms with Crippen LogP contribution in [0, 0.1) is 0 Å². The van der Waals surface area contributed by atoms with E-state index in [0.717, 1.165) is 34.1 Å². The maximum atomic E-state index is 12.6. The van der Waals surface area contributed by atoms with Gasteiger partial charge in [0, 0.05) is 22.0 Å². The zero-order chi connectivity index (χ0) is 16.4. The molecule has 0 bridgehead atoms. The van der Waals surface area contributed by atoms with Gasteiger partial charge in [-0.05, 0) is 58.6 Å². The predicted octanol–water partition coefficient (Wildman–Crippen LogP) is 4.60. The molecule has 120 valence electrons. The Morgan fingerprint density at radius 2 is 1.91 bits per heavy atom. The number of carbonyl (C=O) groups is 1. The summed E-state index contributed by atoms with van der Waals surface area (Å²) in [7, 11) is 0. The van der Waals surface area contributed by atoms with E-state index in [4.69, 9.17) is 0 Å². The summed E-state index contributed by atoms with van der Waals surface area (Å²) >= 11 is 6.90. The molecule has 3 rings (SSSR count). The zero-order valence-corrected chi connectivity index (χ0v) is 16.0. The van der Waals surface area contributed by atoms with Crippen LogP contribution in [0.2, 0.25) is 0 Å². The van der Waals surface area contributed by atoms with Crippen LogP contribution >= 0.6 is 31.9 Å². The van der Waals surface area contributed by atoms with Gasteiger partial charge in [0.05, 0.1) is 11.7 Å². The minimum atomic E-state index is -0.168. The summed E-state index contributed by atoms with van der Waals surface area (Å²) in [6, 6.07) is 14.0. The van der Waals surface area contributed by atoms with Crippen LogP contribution in [0.1, 0.15) is 18.1 Å². The van der Waals surface area contributed by atoms with Crippen molar-refractivity contribution >= 4 is 43.5 Å². The molecular formula is C18H18Br2N2O. The van der Waals surface area contributed by atoms with E-state index >= 15 is 0 Å². The first-order valence-electron chi connectivity index (χ1n) is 7.61. The fraction of sp³-hybridized carbons (Fsp3) is 0.278. The molecule has 0 fully saturated rings. The molecule has 1 N–H and O–H groups in total. The van der Waals surface area contributed by atoms with Gasteiger partial charge < -0.3 is 5.32 Å². The molecule has 0 saturated heterocycles. The molecule has 0 radical (unpaired) electrons. The lowest BCUT2D eigenvalue weighted by atomic mass is 9.99. The van der Waals surface area contributed by atoms with Crippen molar-refractivity contribution in [3.63, 3.8) is 0 Å². The molecule has 1 atom stereocenters. The predicted molar refractivity (Wildman–Crippen MR) is 100 cm³/mol. The SMILES string of the molecule is CC(C(=O)Nc1ccc(Br)cc1Br)N1CCc2ccccc2C1. The summed E-state index contributed by atoms with van der Waals surface area (Å²) < 4.78 is 1.85. The molecule has 1 unspecified atom stereocenters. The molecule has 2 aromatic carbocycles. The second kappa shape index (κ2) is 7.16. The highest BCUT2D eigenvalue weighted by atomic mass is 79.9. The fourth-order valence-corrected chi connectivity index (χ4v) is 3.99. The van der Waals surface area contributed by atoms with Crippen molar-refractivity contribution in [2.45, 2.75) is 25.9 Å². The minimum absolute atomic E-state index is 0.0207. The van der Waals surface area contributed by atoms with Gasteiger partial charge in [-0.2, -0.15) is 0 Å². The lowest BCUT2D eigenvalue weighted by Crippen LogP contribution is -2.44. The Hall–Kier alpha value is -1.17. The molecular weight excluding hydrogens is 420 g/mol. The van der Waals surface area contributed by atoms with E-state index in [1.54, 1.807) is 0 Å². The van der Waals surface area contributed by atoms with Gasteiger partial charge >= 0.3 is 0 Å². The van der Waals surface area contributed by atoms with Crippen molar-refractivity contribution in [2.75, 3.05) is 11.9 Å². The molecule has 0 aromatic heterocycles. The molecule has 2 aromatic rings. The molecule has 1 aliphatic rings. The van der Waals surface area contributed by atoms with Crippen molar-refractivity contribution in [3.8, 4) is 0 Å². The second-order valence-electron chi connectivity index (χ2n) is 5.78. The molecule has 5 heteroatoms. The number of benzene rings is 2. The highest BCUT2D eigenvalue weighted by Gasteiger charge is 2.25. The van der Waals surface area contributed by atoms with Crippen molar-refractivity contribution in [3.05, 3.63) is 62.5 Å². The summed E-state index contributed by atoms with van der Waals surface area (Å²) in [5, 5.41) is 3.01. The highest BCUT2D eigenvalue weighted by Crippen LogP contribution is 2.27. The van der Waals surface area contributed by atoms with Gasteiger partial charge in [0.1, 0.15) is 0 Å². The third-order valence-corrected chi connectivity index (χ3v) is 5.43. The van der Waals surface area contributed by atoms with Gasteiger partial charge in [-0.1, -0.05) is 40.2 Å². The molecule has 3 nitrogen and oxygen atoms in total. The summed E-state index contributed by atoms with van der Waals surface area (Å²) in [5.41, 5.74) is 3.51. The lowest BCUT2D eigenvalue weighted by Gasteiger charge is -2.33. The topological polar surface area (TPSA) is 32.3 Å². The summed E-state index contributed by atoms with van der Waals surface area (Å²) in [5.74, 6) is 0.0207. The molecule has 23 heavy (non-hydrogen) atoms. The van der Waals surface area contributed by atoms with Crippen LogP contribution in [0.3, 0.4) is 0 Å². The quantitative estimate of drug-likeness (QED) is 0.761. The van der Waals surface area contributed by atoms with Crippen molar-refractivity contribution in [1.29, 1.82) is 0 Å². The van der Waals surface area contributed by atoms with Crippen LogP contribution in [-0.4, -0.2) is 23.4 Å². The smallest absolute Gasteiger partial charge is 0.241 e. The number of hydrogen-bond donors (Lipinski definition) is 1. The Morgan fingerprint density at radius 1 is 1.17 bits per heavy atom. The summed E-state index contributed by atoms with van der Waals surface area (Å²) in [4.78, 5) is 14.8. The van der Waals surface area contributed by atoms with Gasteiger partial charge in [0.2, 0.25) is 5.91 Å². The van der Waals surface area contributed by atoms with E-state index in [2.05, 4.69) is 66.3 Å². The van der Waals surface area contributed by atoms with Crippen LogP contribution in [-0.2, 0) is 17.8 Å². The first-order valence-corrected chi connectivity index (χ1v) is 9.20. The van der Waals surface area contributed by atoms with E-state index in [9.17, 15) is 4.79 Å². The Balaban J connectivity index is 1.68. The van der Waals surface area contributed by atoms with Gasteiger partial charge in [-0.25, -0.2) is 0 Å². The van der Waals surface area contributed by atoms with Crippen molar-refractivity contribution in [2.24, 2.45) is 0 Å². The fourth-order valence-electron chi connectivity index (χ4n) is 2.84. The van der Waals surface area contributed by atoms with Crippen molar-refractivity contribution < 1.29 is 4.79 Å². The molecule has 1 amide bonds. The number of nitrogens with zero attached hydrogens (tertiary/aromatic N) is 1. The Morgan fingerprint density at radius 3 is 2.65 bits per heavy atom. The van der Waals surface area contributed by atoms with E-state index < -0.39 is 0 Å². The number of hydrogen-bond acceptors (Lipinski definition) is 2. The molecule has 1 aliphatic heterocycles. The average molecular weight is 438 g/mol. The first-order chi connectivity index (χ1) is 11.0. The number of carbonyl (C=O) groups excluding carboxylic acids is 1. The van der Waals surface area contributed by atoms with E-state index in [1.165, 1.54) is 11.1 Å². The Bertz CT molecular complexity index is 733. The van der Waals surface area contributed by atoms with Crippen LogP contribution in [0.15, 0.2) is 51.4 Å². The Labute approximate surface area is 153 Å². The molecule has 0 spiro atoms. The second-order valence-corrected chi connectivity index (χ2v) is 7.55. The number of amides is 1.